The van der Waals surface area contributed by atoms with Crippen molar-refractivity contribution in [1.82, 2.24) is 9.80 Å². The van der Waals surface area contributed by atoms with E-state index in [0.29, 0.717) is 6.04 Å². The maximum atomic E-state index is 4.85. The van der Waals surface area contributed by atoms with Crippen molar-refractivity contribution in [3.8, 4) is 0 Å². The van der Waals surface area contributed by atoms with Crippen molar-refractivity contribution in [2.24, 2.45) is 0 Å². The molecule has 1 aliphatic rings. The minimum atomic E-state index is -0.346. The van der Waals surface area contributed by atoms with Crippen LogP contribution in [0.15, 0.2) is 12.4 Å². The van der Waals surface area contributed by atoms with Gasteiger partial charge in [0.15, 0.2) is 0 Å². The van der Waals surface area contributed by atoms with Crippen LogP contribution in [0.1, 0.15) is 13.8 Å². The molecule has 0 unspecified atom stereocenters. The maximum absolute atomic E-state index is 4.85. The molecule has 0 bridgehead atoms. The summed E-state index contributed by atoms with van der Waals surface area (Å²) in [5.41, 5.74) is 0. The molecule has 0 saturated heterocycles. The van der Waals surface area contributed by atoms with Crippen molar-refractivity contribution in [2.45, 2.75) is 19.9 Å². The molecular formula is C8H16Cl2N2Ru. The van der Waals surface area contributed by atoms with Crippen molar-refractivity contribution in [2.75, 3.05) is 7.05 Å². The van der Waals surface area contributed by atoms with Crippen LogP contribution in [0.25, 0.3) is 0 Å². The van der Waals surface area contributed by atoms with Gasteiger partial charge in [-0.25, -0.2) is 0 Å². The Bertz CT molecular complexity index is 142. The van der Waals surface area contributed by atoms with Crippen LogP contribution in [-0.2, 0) is 15.1 Å². The fraction of sp³-hybridized carbons (Fsp3) is 0.500. The van der Waals surface area contributed by atoms with Gasteiger partial charge in [0.05, 0.1) is 0 Å². The van der Waals surface area contributed by atoms with Crippen molar-refractivity contribution in [1.29, 1.82) is 0 Å². The Labute approximate surface area is 97.5 Å². The van der Waals surface area contributed by atoms with Gasteiger partial charge in [-0.1, -0.05) is 0 Å². The predicted molar refractivity (Wildman–Crippen MR) is 56.3 cm³/mol. The molecule has 5 heteroatoms. The van der Waals surface area contributed by atoms with Crippen LogP contribution in [0.5, 0.6) is 0 Å². The Balaban J connectivity index is 0. The average molecular weight is 312 g/mol. The summed E-state index contributed by atoms with van der Waals surface area (Å²) in [4.78, 5) is 4.21. The first-order valence-electron chi connectivity index (χ1n) is 3.49. The Morgan fingerprint density at radius 3 is 1.92 bits per heavy atom. The molecule has 13 heavy (non-hydrogen) atoms. The molecule has 1 aliphatic heterocycles. The third kappa shape index (κ3) is 7.60. The van der Waals surface area contributed by atoms with E-state index in [0.717, 1.165) is 0 Å². The fourth-order valence-electron chi connectivity index (χ4n) is 0.775. The van der Waals surface area contributed by atoms with Gasteiger partial charge in [0.1, 0.15) is 0 Å². The van der Waals surface area contributed by atoms with Gasteiger partial charge in [-0.2, -0.15) is 6.67 Å². The van der Waals surface area contributed by atoms with E-state index in [1.165, 1.54) is 0 Å². The van der Waals surface area contributed by atoms with Crippen LogP contribution in [0, 0.1) is 14.1 Å². The SMILES string of the molecule is CC(C)N1C=CN(C)[CH-]1.[CH3-].[Cl][Ru+2][Cl]. The van der Waals surface area contributed by atoms with Crippen LogP contribution in [0.2, 0.25) is 0 Å². The zero-order valence-corrected chi connectivity index (χ0v) is 11.6. The summed E-state index contributed by atoms with van der Waals surface area (Å²) in [6, 6.07) is 0.575. The van der Waals surface area contributed by atoms with Gasteiger partial charge >= 0.3 is 34.5 Å². The number of nitrogens with zero attached hydrogens (tertiary/aromatic N) is 2. The van der Waals surface area contributed by atoms with E-state index in [4.69, 9.17) is 19.4 Å². The molecular weight excluding hydrogens is 296 g/mol. The Morgan fingerprint density at radius 2 is 1.77 bits per heavy atom. The molecule has 0 saturated carbocycles. The second-order valence-corrected chi connectivity index (χ2v) is 5.31. The standard InChI is InChI=1S/C7H13N2.CH3.2ClH.Ru/c1-7(2)9-5-4-8(3)6-9;;;;/h4-7H,1-3H3;1H3;2*1H;/q2*-1;;;+4/p-2. The van der Waals surface area contributed by atoms with Gasteiger partial charge in [0.25, 0.3) is 0 Å². The first-order valence-corrected chi connectivity index (χ1v) is 7.97. The molecule has 0 fully saturated rings. The molecule has 0 aromatic rings. The molecule has 2 nitrogen and oxygen atoms in total. The Kier molecular flexibility index (Phi) is 11.2. The van der Waals surface area contributed by atoms with Crippen LogP contribution >= 0.6 is 19.4 Å². The monoisotopic (exact) mass is 312 g/mol. The van der Waals surface area contributed by atoms with Crippen molar-refractivity contribution >= 4 is 19.4 Å². The normalized spacial score (nSPS) is 14.0. The topological polar surface area (TPSA) is 6.48 Å². The average Bonchev–Trinajstić information content (AvgIpc) is 2.37. The minimum absolute atomic E-state index is 0. The van der Waals surface area contributed by atoms with Gasteiger partial charge < -0.3 is 17.2 Å². The molecule has 0 radical (unpaired) electrons. The molecule has 0 N–H and O–H groups in total. The van der Waals surface area contributed by atoms with E-state index >= 15 is 0 Å². The molecule has 80 valence electrons. The van der Waals surface area contributed by atoms with E-state index in [1.54, 1.807) is 0 Å². The third-order valence-corrected chi connectivity index (χ3v) is 1.39. The van der Waals surface area contributed by atoms with Crippen molar-refractivity contribution in [3.63, 3.8) is 0 Å². The van der Waals surface area contributed by atoms with Crippen molar-refractivity contribution in [3.05, 3.63) is 26.5 Å². The summed E-state index contributed by atoms with van der Waals surface area (Å²) in [5.74, 6) is 0. The molecule has 0 aromatic carbocycles. The summed E-state index contributed by atoms with van der Waals surface area (Å²) in [6.07, 6.45) is 4.12. The molecule has 0 spiro atoms. The molecule has 1 heterocycles. The van der Waals surface area contributed by atoms with Gasteiger partial charge in [-0.15, -0.1) is 0 Å². The van der Waals surface area contributed by atoms with Crippen LogP contribution in [0.3, 0.4) is 0 Å². The predicted octanol–water partition coefficient (Wildman–Crippen LogP) is 3.06. The first-order chi connectivity index (χ1) is 5.61. The van der Waals surface area contributed by atoms with Gasteiger partial charge in [0.2, 0.25) is 0 Å². The quantitative estimate of drug-likeness (QED) is 0.542. The van der Waals surface area contributed by atoms with Crippen LogP contribution in [-0.4, -0.2) is 22.9 Å². The molecule has 0 atom stereocenters. The van der Waals surface area contributed by atoms with Gasteiger partial charge in [-0.05, 0) is 39.3 Å². The zero-order chi connectivity index (χ0) is 9.56. The van der Waals surface area contributed by atoms with E-state index in [-0.39, 0.29) is 22.6 Å². The molecule has 0 amide bonds. The summed E-state index contributed by atoms with van der Waals surface area (Å²) in [6.45, 7) is 6.41. The Hall–Kier alpha value is 0.543. The summed E-state index contributed by atoms with van der Waals surface area (Å²) < 4.78 is 0. The second kappa shape index (κ2) is 9.11. The number of halogens is 2. The van der Waals surface area contributed by atoms with Gasteiger partial charge in [0, 0.05) is 0 Å². The number of hydrogen-bond acceptors (Lipinski definition) is 2. The number of rotatable bonds is 1. The van der Waals surface area contributed by atoms with Crippen LogP contribution in [0.4, 0.5) is 0 Å². The van der Waals surface area contributed by atoms with Crippen molar-refractivity contribution < 1.29 is 15.1 Å². The van der Waals surface area contributed by atoms with E-state index in [1.807, 2.05) is 18.1 Å². The summed E-state index contributed by atoms with van der Waals surface area (Å²) >= 11 is -0.346. The van der Waals surface area contributed by atoms with E-state index < -0.39 is 0 Å². The fourth-order valence-corrected chi connectivity index (χ4v) is 0.775. The zero-order valence-electron chi connectivity index (χ0n) is 8.31. The molecule has 1 rings (SSSR count). The second-order valence-electron chi connectivity index (χ2n) is 2.67. The molecule has 0 aliphatic carbocycles. The third-order valence-electron chi connectivity index (χ3n) is 1.39. The summed E-state index contributed by atoms with van der Waals surface area (Å²) in [7, 11) is 11.7. The Morgan fingerprint density at radius 1 is 1.31 bits per heavy atom. The van der Waals surface area contributed by atoms with E-state index in [2.05, 4.69) is 31.6 Å². The first kappa shape index (κ1) is 16.0. The number of hydrogen-bond donors (Lipinski definition) is 0. The summed E-state index contributed by atoms with van der Waals surface area (Å²) in [5, 5.41) is 0. The van der Waals surface area contributed by atoms with Gasteiger partial charge in [-0.3, -0.25) is 0 Å². The molecule has 0 aromatic heterocycles. The van der Waals surface area contributed by atoms with Crippen LogP contribution < -0.4 is 0 Å². The van der Waals surface area contributed by atoms with E-state index in [9.17, 15) is 0 Å².